The number of pyridine rings is 1. The molecule has 0 radical (unpaired) electrons. The highest BCUT2D eigenvalue weighted by Gasteiger charge is 2.49. The van der Waals surface area contributed by atoms with E-state index in [1.807, 2.05) is 12.1 Å². The molecule has 2 aliphatic rings. The van der Waals surface area contributed by atoms with Crippen molar-refractivity contribution >= 4 is 17.8 Å². The smallest absolute Gasteiger partial charge is 0.329 e. The van der Waals surface area contributed by atoms with Gasteiger partial charge in [0.1, 0.15) is 0 Å². The standard InChI is InChI=1S/C17H12N2O4/c20-15-10-5-1-2-6-11(10)16(21)19(15)23-17(22)13-9-12(13)14-7-3-4-8-18-14/h1-8,12-13H,9H2/t12-,13-/m1/s1. The third-order valence-corrected chi connectivity index (χ3v) is 4.10. The molecule has 2 amide bonds. The van der Waals surface area contributed by atoms with Crippen molar-refractivity contribution in [3.63, 3.8) is 0 Å². The van der Waals surface area contributed by atoms with Crippen molar-refractivity contribution < 1.29 is 19.2 Å². The van der Waals surface area contributed by atoms with Crippen LogP contribution in [-0.2, 0) is 9.63 Å². The second-order valence-corrected chi connectivity index (χ2v) is 5.56. The van der Waals surface area contributed by atoms with Crippen molar-refractivity contribution in [3.8, 4) is 0 Å². The normalized spacial score (nSPS) is 22.0. The molecular weight excluding hydrogens is 296 g/mol. The number of fused-ring (bicyclic) bond motifs is 1. The van der Waals surface area contributed by atoms with Crippen LogP contribution >= 0.6 is 0 Å². The molecular formula is C17H12N2O4. The van der Waals surface area contributed by atoms with Crippen molar-refractivity contribution in [2.75, 3.05) is 0 Å². The molecule has 1 aliphatic heterocycles. The van der Waals surface area contributed by atoms with Gasteiger partial charge in [-0.2, -0.15) is 0 Å². The third kappa shape index (κ3) is 2.19. The summed E-state index contributed by atoms with van der Waals surface area (Å²) < 4.78 is 0. The molecule has 0 spiro atoms. The third-order valence-electron chi connectivity index (χ3n) is 4.10. The van der Waals surface area contributed by atoms with Gasteiger partial charge in [0.05, 0.1) is 17.0 Å². The number of rotatable bonds is 3. The second kappa shape index (κ2) is 5.01. The molecule has 1 saturated carbocycles. The van der Waals surface area contributed by atoms with Gasteiger partial charge in [-0.25, -0.2) is 4.79 Å². The van der Waals surface area contributed by atoms with E-state index in [0.717, 1.165) is 5.69 Å². The van der Waals surface area contributed by atoms with Gasteiger partial charge in [-0.15, -0.1) is 0 Å². The van der Waals surface area contributed by atoms with Crippen LogP contribution in [0, 0.1) is 5.92 Å². The molecule has 23 heavy (non-hydrogen) atoms. The maximum Gasteiger partial charge on any atom is 0.336 e. The van der Waals surface area contributed by atoms with Gasteiger partial charge in [-0.1, -0.05) is 23.3 Å². The Kier molecular flexibility index (Phi) is 2.97. The zero-order valence-electron chi connectivity index (χ0n) is 12.0. The molecule has 0 N–H and O–H groups in total. The molecule has 1 aliphatic carbocycles. The summed E-state index contributed by atoms with van der Waals surface area (Å²) in [5, 5.41) is 0.556. The first-order valence-corrected chi connectivity index (χ1v) is 7.27. The van der Waals surface area contributed by atoms with Crippen LogP contribution < -0.4 is 0 Å². The molecule has 1 aromatic heterocycles. The number of hydroxylamine groups is 2. The average molecular weight is 308 g/mol. The van der Waals surface area contributed by atoms with Crippen molar-refractivity contribution in [3.05, 3.63) is 65.5 Å². The van der Waals surface area contributed by atoms with E-state index in [2.05, 4.69) is 4.98 Å². The monoisotopic (exact) mass is 308 g/mol. The van der Waals surface area contributed by atoms with Crippen LogP contribution in [0.25, 0.3) is 0 Å². The van der Waals surface area contributed by atoms with Crippen LogP contribution in [0.1, 0.15) is 38.7 Å². The number of nitrogens with zero attached hydrogens (tertiary/aromatic N) is 2. The summed E-state index contributed by atoms with van der Waals surface area (Å²) in [6.45, 7) is 0. The molecule has 2 aromatic rings. The van der Waals surface area contributed by atoms with Crippen molar-refractivity contribution in [1.29, 1.82) is 0 Å². The highest BCUT2D eigenvalue weighted by molar-refractivity contribution is 6.20. The van der Waals surface area contributed by atoms with E-state index in [1.165, 1.54) is 12.1 Å². The predicted octanol–water partition coefficient (Wildman–Crippen LogP) is 1.94. The highest BCUT2D eigenvalue weighted by atomic mass is 16.7. The quantitative estimate of drug-likeness (QED) is 0.810. The van der Waals surface area contributed by atoms with Crippen molar-refractivity contribution in [2.24, 2.45) is 5.92 Å². The van der Waals surface area contributed by atoms with Crippen LogP contribution in [0.2, 0.25) is 0 Å². The number of hydrogen-bond acceptors (Lipinski definition) is 5. The minimum absolute atomic E-state index is 0.0149. The Hall–Kier alpha value is -3.02. The molecule has 2 atom stereocenters. The Bertz CT molecular complexity index is 783. The molecule has 1 fully saturated rings. The Morgan fingerprint density at radius 2 is 1.70 bits per heavy atom. The average Bonchev–Trinajstić information content (AvgIpc) is 3.36. The van der Waals surface area contributed by atoms with Gasteiger partial charge in [0, 0.05) is 17.8 Å². The first-order valence-electron chi connectivity index (χ1n) is 7.27. The van der Waals surface area contributed by atoms with Gasteiger partial charge >= 0.3 is 5.97 Å². The summed E-state index contributed by atoms with van der Waals surface area (Å²) in [7, 11) is 0. The fourth-order valence-electron chi connectivity index (χ4n) is 2.79. The minimum atomic E-state index is -0.603. The Balaban J connectivity index is 1.47. The summed E-state index contributed by atoms with van der Waals surface area (Å²) >= 11 is 0. The van der Waals surface area contributed by atoms with Gasteiger partial charge in [0.15, 0.2) is 0 Å². The van der Waals surface area contributed by atoms with Crippen LogP contribution in [0.4, 0.5) is 0 Å². The lowest BCUT2D eigenvalue weighted by molar-refractivity contribution is -0.170. The summed E-state index contributed by atoms with van der Waals surface area (Å²) in [6.07, 6.45) is 2.28. The van der Waals surface area contributed by atoms with Crippen molar-refractivity contribution in [2.45, 2.75) is 12.3 Å². The number of benzene rings is 1. The number of aromatic nitrogens is 1. The Morgan fingerprint density at radius 3 is 2.30 bits per heavy atom. The largest absolute Gasteiger partial charge is 0.336 e. The fourth-order valence-corrected chi connectivity index (χ4v) is 2.79. The molecule has 0 bridgehead atoms. The molecule has 6 nitrogen and oxygen atoms in total. The zero-order chi connectivity index (χ0) is 16.0. The number of imide groups is 1. The molecule has 0 saturated heterocycles. The zero-order valence-corrected chi connectivity index (χ0v) is 12.0. The SMILES string of the molecule is O=C(ON1C(=O)c2ccccc2C1=O)[C@@H]1C[C@H]1c1ccccn1. The Morgan fingerprint density at radius 1 is 1.04 bits per heavy atom. The van der Waals surface area contributed by atoms with Gasteiger partial charge in [0.2, 0.25) is 0 Å². The van der Waals surface area contributed by atoms with Crippen LogP contribution in [0.3, 0.4) is 0 Å². The molecule has 1 aromatic carbocycles. The van der Waals surface area contributed by atoms with E-state index < -0.39 is 17.8 Å². The molecule has 0 unspecified atom stereocenters. The number of carbonyl (C=O) groups is 3. The van der Waals surface area contributed by atoms with Crippen molar-refractivity contribution in [1.82, 2.24) is 10.0 Å². The summed E-state index contributed by atoms with van der Waals surface area (Å²) in [4.78, 5) is 45.8. The maximum absolute atomic E-state index is 12.2. The lowest BCUT2D eigenvalue weighted by Crippen LogP contribution is -2.33. The maximum atomic E-state index is 12.2. The van der Waals surface area contributed by atoms with E-state index >= 15 is 0 Å². The number of amides is 2. The summed E-state index contributed by atoms with van der Waals surface area (Å²) in [6, 6.07) is 11.9. The molecule has 2 heterocycles. The first-order chi connectivity index (χ1) is 11.2. The van der Waals surface area contributed by atoms with Crippen LogP contribution in [-0.4, -0.2) is 27.8 Å². The first kappa shape index (κ1) is 13.6. The van der Waals surface area contributed by atoms with Gasteiger partial charge in [-0.05, 0) is 30.7 Å². The number of hydrogen-bond donors (Lipinski definition) is 0. The summed E-state index contributed by atoms with van der Waals surface area (Å²) in [5.41, 5.74) is 1.32. The van der Waals surface area contributed by atoms with Gasteiger partial charge < -0.3 is 4.84 Å². The van der Waals surface area contributed by atoms with Gasteiger partial charge in [0.25, 0.3) is 11.8 Å². The molecule has 4 rings (SSSR count). The van der Waals surface area contributed by atoms with Crippen LogP contribution in [0.15, 0.2) is 48.7 Å². The van der Waals surface area contributed by atoms with E-state index in [9.17, 15) is 14.4 Å². The van der Waals surface area contributed by atoms with E-state index in [0.29, 0.717) is 11.5 Å². The Labute approximate surface area is 131 Å². The van der Waals surface area contributed by atoms with Crippen LogP contribution in [0.5, 0.6) is 0 Å². The number of carbonyl (C=O) groups excluding carboxylic acids is 3. The lowest BCUT2D eigenvalue weighted by Gasteiger charge is -2.12. The second-order valence-electron chi connectivity index (χ2n) is 5.56. The van der Waals surface area contributed by atoms with E-state index in [4.69, 9.17) is 4.84 Å². The minimum Gasteiger partial charge on any atom is -0.329 e. The fraction of sp³-hybridized carbons (Fsp3) is 0.176. The predicted molar refractivity (Wildman–Crippen MR) is 78.1 cm³/mol. The molecule has 114 valence electrons. The summed E-state index contributed by atoms with van der Waals surface area (Å²) in [5.74, 6) is -2.16. The highest BCUT2D eigenvalue weighted by Crippen LogP contribution is 2.47. The lowest BCUT2D eigenvalue weighted by atomic mass is 10.1. The van der Waals surface area contributed by atoms with E-state index in [1.54, 1.807) is 24.4 Å². The molecule has 6 heteroatoms. The van der Waals surface area contributed by atoms with E-state index in [-0.39, 0.29) is 23.0 Å². The van der Waals surface area contributed by atoms with Gasteiger partial charge in [-0.3, -0.25) is 14.6 Å². The topological polar surface area (TPSA) is 76.6 Å².